The van der Waals surface area contributed by atoms with Gasteiger partial charge < -0.3 is 5.32 Å². The maximum absolute atomic E-state index is 12.3. The third kappa shape index (κ3) is 2.85. The summed E-state index contributed by atoms with van der Waals surface area (Å²) in [4.78, 5) is 20.5. The van der Waals surface area contributed by atoms with E-state index in [1.807, 2.05) is 43.3 Å². The van der Waals surface area contributed by atoms with E-state index in [1.165, 1.54) is 6.20 Å². The topological polar surface area (TPSA) is 72.7 Å². The first-order valence-corrected chi connectivity index (χ1v) is 6.85. The van der Waals surface area contributed by atoms with Crippen molar-refractivity contribution in [3.8, 4) is 5.69 Å². The van der Waals surface area contributed by atoms with Crippen LogP contribution >= 0.6 is 0 Å². The van der Waals surface area contributed by atoms with Crippen molar-refractivity contribution in [3.63, 3.8) is 0 Å². The number of nitrogens with zero attached hydrogens (tertiary/aromatic N) is 4. The highest BCUT2D eigenvalue weighted by atomic mass is 16.2. The van der Waals surface area contributed by atoms with Gasteiger partial charge in [-0.25, -0.2) is 9.67 Å². The summed E-state index contributed by atoms with van der Waals surface area (Å²) in [5, 5.41) is 7.24. The molecule has 0 aliphatic carbocycles. The third-order valence-corrected chi connectivity index (χ3v) is 3.06. The number of benzene rings is 1. The fraction of sp³-hybridized carbons (Fsp3) is 0.125. The Morgan fingerprint density at radius 2 is 1.86 bits per heavy atom. The standard InChI is InChI=1S/C16H15N5O/c1-11-8-15(21(20-11)13-6-4-3-5-7-13)19-16(22)14-10-17-9-12(2)18-14/h3-10H,1-2H3,(H,19,22). The molecule has 3 aromatic rings. The first kappa shape index (κ1) is 13.9. The highest BCUT2D eigenvalue weighted by molar-refractivity contribution is 6.02. The summed E-state index contributed by atoms with van der Waals surface area (Å²) in [5.41, 5.74) is 2.66. The van der Waals surface area contributed by atoms with E-state index in [2.05, 4.69) is 20.4 Å². The number of aryl methyl sites for hydroxylation is 2. The number of hydrogen-bond donors (Lipinski definition) is 1. The summed E-state index contributed by atoms with van der Waals surface area (Å²) in [5.74, 6) is 0.283. The quantitative estimate of drug-likeness (QED) is 0.805. The number of aromatic nitrogens is 4. The maximum atomic E-state index is 12.3. The van der Waals surface area contributed by atoms with Crippen LogP contribution in [0.25, 0.3) is 5.69 Å². The second kappa shape index (κ2) is 5.77. The Hall–Kier alpha value is -3.02. The lowest BCUT2D eigenvalue weighted by Gasteiger charge is -2.08. The van der Waals surface area contributed by atoms with E-state index in [4.69, 9.17) is 0 Å². The van der Waals surface area contributed by atoms with Crippen molar-refractivity contribution in [2.45, 2.75) is 13.8 Å². The summed E-state index contributed by atoms with van der Waals surface area (Å²) >= 11 is 0. The number of nitrogens with one attached hydrogen (secondary N) is 1. The van der Waals surface area contributed by atoms with Crippen molar-refractivity contribution in [1.82, 2.24) is 19.7 Å². The van der Waals surface area contributed by atoms with Gasteiger partial charge in [0.25, 0.3) is 5.91 Å². The molecule has 0 saturated carbocycles. The molecule has 1 N–H and O–H groups in total. The summed E-state index contributed by atoms with van der Waals surface area (Å²) < 4.78 is 1.69. The molecule has 6 nitrogen and oxygen atoms in total. The minimum Gasteiger partial charge on any atom is -0.305 e. The molecule has 3 rings (SSSR count). The van der Waals surface area contributed by atoms with Crippen LogP contribution in [0, 0.1) is 13.8 Å². The van der Waals surface area contributed by atoms with Crippen molar-refractivity contribution in [1.29, 1.82) is 0 Å². The molecule has 22 heavy (non-hydrogen) atoms. The van der Waals surface area contributed by atoms with E-state index in [-0.39, 0.29) is 11.6 Å². The van der Waals surface area contributed by atoms with Crippen molar-refractivity contribution in [2.75, 3.05) is 5.32 Å². The molecule has 0 unspecified atom stereocenters. The van der Waals surface area contributed by atoms with Crippen LogP contribution in [0.5, 0.6) is 0 Å². The SMILES string of the molecule is Cc1cncc(C(=O)Nc2cc(C)nn2-c2ccccc2)n1. The molecule has 1 amide bonds. The Kier molecular flexibility index (Phi) is 3.65. The molecule has 0 aliphatic rings. The van der Waals surface area contributed by atoms with E-state index >= 15 is 0 Å². The average molecular weight is 293 g/mol. The Labute approximate surface area is 127 Å². The zero-order chi connectivity index (χ0) is 15.5. The number of anilines is 1. The van der Waals surface area contributed by atoms with Gasteiger partial charge in [-0.2, -0.15) is 5.10 Å². The normalized spacial score (nSPS) is 10.5. The van der Waals surface area contributed by atoms with Crippen LogP contribution in [0.2, 0.25) is 0 Å². The molecule has 0 fully saturated rings. The largest absolute Gasteiger partial charge is 0.305 e. The van der Waals surface area contributed by atoms with Gasteiger partial charge in [0.1, 0.15) is 11.5 Å². The second-order valence-electron chi connectivity index (χ2n) is 4.92. The summed E-state index contributed by atoms with van der Waals surface area (Å²) in [7, 11) is 0. The number of carbonyl (C=O) groups excluding carboxylic acids is 1. The molecule has 0 bridgehead atoms. The lowest BCUT2D eigenvalue weighted by Crippen LogP contribution is -2.17. The van der Waals surface area contributed by atoms with Crippen LogP contribution in [-0.4, -0.2) is 25.7 Å². The lowest BCUT2D eigenvalue weighted by molar-refractivity contribution is 0.102. The maximum Gasteiger partial charge on any atom is 0.277 e. The number of hydrogen-bond acceptors (Lipinski definition) is 4. The van der Waals surface area contributed by atoms with E-state index < -0.39 is 0 Å². The summed E-state index contributed by atoms with van der Waals surface area (Å²) in [6.45, 7) is 3.67. The van der Waals surface area contributed by atoms with E-state index in [1.54, 1.807) is 17.8 Å². The minimum atomic E-state index is -0.312. The smallest absolute Gasteiger partial charge is 0.277 e. The Balaban J connectivity index is 1.92. The number of carbonyl (C=O) groups is 1. The van der Waals surface area contributed by atoms with E-state index in [9.17, 15) is 4.79 Å². The third-order valence-electron chi connectivity index (χ3n) is 3.06. The molecule has 6 heteroatoms. The van der Waals surface area contributed by atoms with Gasteiger partial charge in [0, 0.05) is 12.3 Å². The summed E-state index contributed by atoms with van der Waals surface area (Å²) in [6, 6.07) is 11.4. The second-order valence-corrected chi connectivity index (χ2v) is 4.92. The van der Waals surface area contributed by atoms with Crippen LogP contribution in [0.3, 0.4) is 0 Å². The predicted octanol–water partition coefficient (Wildman–Crippen LogP) is 2.53. The molecule has 2 aromatic heterocycles. The highest BCUT2D eigenvalue weighted by Gasteiger charge is 2.13. The van der Waals surface area contributed by atoms with Crippen LogP contribution in [-0.2, 0) is 0 Å². The molecule has 0 atom stereocenters. The van der Waals surface area contributed by atoms with Crippen molar-refractivity contribution >= 4 is 11.7 Å². The molecule has 0 aliphatic heterocycles. The molecule has 110 valence electrons. The van der Waals surface area contributed by atoms with Crippen molar-refractivity contribution < 1.29 is 4.79 Å². The number of rotatable bonds is 3. The molecular formula is C16H15N5O. The van der Waals surface area contributed by atoms with Gasteiger partial charge in [0.15, 0.2) is 0 Å². The van der Waals surface area contributed by atoms with Crippen LogP contribution in [0.15, 0.2) is 48.8 Å². The molecular weight excluding hydrogens is 278 g/mol. The fourth-order valence-corrected chi connectivity index (χ4v) is 2.11. The number of para-hydroxylation sites is 1. The molecule has 0 saturated heterocycles. The lowest BCUT2D eigenvalue weighted by atomic mass is 10.3. The first-order chi connectivity index (χ1) is 10.6. The van der Waals surface area contributed by atoms with Gasteiger partial charge in [-0.3, -0.25) is 9.78 Å². The molecule has 1 aromatic carbocycles. The highest BCUT2D eigenvalue weighted by Crippen LogP contribution is 2.17. The van der Waals surface area contributed by atoms with Crippen LogP contribution in [0.1, 0.15) is 21.9 Å². The van der Waals surface area contributed by atoms with Gasteiger partial charge in [-0.05, 0) is 26.0 Å². The van der Waals surface area contributed by atoms with Crippen LogP contribution in [0.4, 0.5) is 5.82 Å². The average Bonchev–Trinajstić information content (AvgIpc) is 2.88. The van der Waals surface area contributed by atoms with Gasteiger partial charge in [0.2, 0.25) is 0 Å². The molecule has 2 heterocycles. The Morgan fingerprint density at radius 3 is 2.59 bits per heavy atom. The first-order valence-electron chi connectivity index (χ1n) is 6.85. The fourth-order valence-electron chi connectivity index (χ4n) is 2.11. The van der Waals surface area contributed by atoms with E-state index in [0.29, 0.717) is 11.5 Å². The van der Waals surface area contributed by atoms with Gasteiger partial charge >= 0.3 is 0 Å². The van der Waals surface area contributed by atoms with Crippen LogP contribution < -0.4 is 5.32 Å². The van der Waals surface area contributed by atoms with Gasteiger partial charge in [0.05, 0.1) is 23.3 Å². The van der Waals surface area contributed by atoms with E-state index in [0.717, 1.165) is 11.4 Å². The van der Waals surface area contributed by atoms with Gasteiger partial charge in [-0.1, -0.05) is 18.2 Å². The van der Waals surface area contributed by atoms with Crippen molar-refractivity contribution in [3.05, 3.63) is 65.9 Å². The summed E-state index contributed by atoms with van der Waals surface area (Å²) in [6.07, 6.45) is 3.05. The number of amides is 1. The molecule has 0 spiro atoms. The molecule has 0 radical (unpaired) electrons. The van der Waals surface area contributed by atoms with Crippen molar-refractivity contribution in [2.24, 2.45) is 0 Å². The monoisotopic (exact) mass is 293 g/mol. The minimum absolute atomic E-state index is 0.276. The zero-order valence-corrected chi connectivity index (χ0v) is 12.3. The van der Waals surface area contributed by atoms with Gasteiger partial charge in [-0.15, -0.1) is 0 Å². The Morgan fingerprint density at radius 1 is 1.09 bits per heavy atom. The Bertz CT molecular complexity index is 810. The zero-order valence-electron chi connectivity index (χ0n) is 12.3. The predicted molar refractivity (Wildman–Crippen MR) is 83.0 cm³/mol.